The molecule has 1 aromatic carbocycles. The van der Waals surface area contributed by atoms with Crippen molar-refractivity contribution in [1.29, 1.82) is 0 Å². The fourth-order valence-corrected chi connectivity index (χ4v) is 3.54. The molecular weight excluding hydrogens is 264 g/mol. The maximum atomic E-state index is 6.57. The van der Waals surface area contributed by atoms with Crippen LogP contribution < -0.4 is 0 Å². The minimum atomic E-state index is -0.0406. The first-order chi connectivity index (χ1) is 8.78. The number of alkyl halides is 1. The summed E-state index contributed by atoms with van der Waals surface area (Å²) in [5.74, 6) is 0. The van der Waals surface area contributed by atoms with Crippen molar-refractivity contribution in [3.05, 3.63) is 56.8 Å². The van der Waals surface area contributed by atoms with Crippen molar-refractivity contribution in [3.8, 4) is 0 Å². The lowest BCUT2D eigenvalue weighted by molar-refractivity contribution is 0.134. The van der Waals surface area contributed by atoms with Crippen molar-refractivity contribution >= 4 is 22.9 Å². The van der Waals surface area contributed by atoms with E-state index in [9.17, 15) is 0 Å². The first-order valence-corrected chi connectivity index (χ1v) is 7.45. The van der Waals surface area contributed by atoms with Crippen molar-refractivity contribution < 1.29 is 4.74 Å². The highest BCUT2D eigenvalue weighted by Gasteiger charge is 2.17. The van der Waals surface area contributed by atoms with E-state index in [4.69, 9.17) is 16.3 Å². The van der Waals surface area contributed by atoms with Gasteiger partial charge in [-0.2, -0.15) is 0 Å². The van der Waals surface area contributed by atoms with Gasteiger partial charge in [0.2, 0.25) is 0 Å². The Kier molecular flexibility index (Phi) is 3.42. The Morgan fingerprint density at radius 1 is 1.22 bits per heavy atom. The van der Waals surface area contributed by atoms with Gasteiger partial charge in [-0.1, -0.05) is 25.1 Å². The number of fused-ring (bicyclic) bond motifs is 1. The van der Waals surface area contributed by atoms with Crippen molar-refractivity contribution in [1.82, 2.24) is 0 Å². The molecule has 1 atom stereocenters. The summed E-state index contributed by atoms with van der Waals surface area (Å²) in [4.78, 5) is 2.62. The van der Waals surface area contributed by atoms with Crippen LogP contribution in [0.1, 0.15) is 38.7 Å². The van der Waals surface area contributed by atoms with Crippen LogP contribution in [0, 0.1) is 0 Å². The zero-order chi connectivity index (χ0) is 12.5. The van der Waals surface area contributed by atoms with Crippen LogP contribution in [-0.2, 0) is 24.4 Å². The van der Waals surface area contributed by atoms with Crippen LogP contribution in [0.3, 0.4) is 0 Å². The van der Waals surface area contributed by atoms with E-state index in [1.54, 1.807) is 11.3 Å². The Hall–Kier alpha value is -0.830. The molecule has 3 heteroatoms. The molecule has 94 valence electrons. The lowest BCUT2D eigenvalue weighted by Gasteiger charge is -2.09. The highest BCUT2D eigenvalue weighted by atomic mass is 35.5. The van der Waals surface area contributed by atoms with Gasteiger partial charge in [-0.15, -0.1) is 22.9 Å². The molecule has 1 aromatic heterocycles. The summed E-state index contributed by atoms with van der Waals surface area (Å²) in [7, 11) is 0. The molecule has 0 amide bonds. The van der Waals surface area contributed by atoms with Gasteiger partial charge in [0.25, 0.3) is 0 Å². The zero-order valence-electron chi connectivity index (χ0n) is 10.3. The standard InChI is InChI=1S/C15H15ClOS/c1-2-13-5-6-14(18-13)15(16)10-3-4-11-8-17-9-12(11)7-10/h3-7,15H,2,8-9H2,1H3. The molecule has 2 aromatic rings. The van der Waals surface area contributed by atoms with E-state index in [1.807, 2.05) is 0 Å². The number of hydrogen-bond acceptors (Lipinski definition) is 2. The van der Waals surface area contributed by atoms with Crippen LogP contribution in [0.15, 0.2) is 30.3 Å². The van der Waals surface area contributed by atoms with Crippen LogP contribution in [0.5, 0.6) is 0 Å². The third-order valence-corrected chi connectivity index (χ3v) is 5.23. The summed E-state index contributed by atoms with van der Waals surface area (Å²) in [6.45, 7) is 3.63. The molecule has 0 bridgehead atoms. The van der Waals surface area contributed by atoms with Crippen LogP contribution in [0.2, 0.25) is 0 Å². The lowest BCUT2D eigenvalue weighted by Crippen LogP contribution is -1.92. The van der Waals surface area contributed by atoms with E-state index >= 15 is 0 Å². The Labute approximate surface area is 116 Å². The van der Waals surface area contributed by atoms with E-state index in [2.05, 4.69) is 37.3 Å². The maximum Gasteiger partial charge on any atom is 0.0927 e. The van der Waals surface area contributed by atoms with Gasteiger partial charge in [-0.25, -0.2) is 0 Å². The smallest absolute Gasteiger partial charge is 0.0927 e. The summed E-state index contributed by atoms with van der Waals surface area (Å²) >= 11 is 8.38. The fourth-order valence-electron chi connectivity index (χ4n) is 2.23. The van der Waals surface area contributed by atoms with E-state index in [0.717, 1.165) is 19.6 Å². The minimum absolute atomic E-state index is 0.0406. The van der Waals surface area contributed by atoms with Gasteiger partial charge in [0, 0.05) is 9.75 Å². The number of ether oxygens (including phenoxy) is 1. The molecule has 1 nitrogen and oxygen atoms in total. The molecule has 1 aliphatic rings. The topological polar surface area (TPSA) is 9.23 Å². The average molecular weight is 279 g/mol. The first kappa shape index (κ1) is 12.2. The molecule has 0 saturated carbocycles. The molecule has 2 heterocycles. The number of thiophene rings is 1. The third kappa shape index (κ3) is 2.20. The molecule has 0 N–H and O–H groups in total. The average Bonchev–Trinajstić information content (AvgIpc) is 3.05. The van der Waals surface area contributed by atoms with Crippen molar-refractivity contribution in [3.63, 3.8) is 0 Å². The number of benzene rings is 1. The Bertz CT molecular complexity index is 561. The summed E-state index contributed by atoms with van der Waals surface area (Å²) in [5, 5.41) is -0.0406. The van der Waals surface area contributed by atoms with Gasteiger partial charge in [-0.3, -0.25) is 0 Å². The van der Waals surface area contributed by atoms with E-state index in [1.165, 1.54) is 26.4 Å². The summed E-state index contributed by atoms with van der Waals surface area (Å²) in [6, 6.07) is 10.8. The number of halogens is 1. The second-order valence-electron chi connectivity index (χ2n) is 4.54. The van der Waals surface area contributed by atoms with Crippen LogP contribution in [-0.4, -0.2) is 0 Å². The largest absolute Gasteiger partial charge is 0.372 e. The van der Waals surface area contributed by atoms with Crippen molar-refractivity contribution in [2.24, 2.45) is 0 Å². The second-order valence-corrected chi connectivity index (χ2v) is 6.18. The molecule has 18 heavy (non-hydrogen) atoms. The number of rotatable bonds is 3. The normalized spacial score (nSPS) is 15.7. The zero-order valence-corrected chi connectivity index (χ0v) is 11.9. The van der Waals surface area contributed by atoms with Crippen LogP contribution in [0.4, 0.5) is 0 Å². The number of aryl methyl sites for hydroxylation is 1. The van der Waals surface area contributed by atoms with E-state index < -0.39 is 0 Å². The predicted octanol–water partition coefficient (Wildman–Crippen LogP) is 4.67. The Morgan fingerprint density at radius 3 is 2.83 bits per heavy atom. The quantitative estimate of drug-likeness (QED) is 0.742. The van der Waals surface area contributed by atoms with Gasteiger partial charge in [0.05, 0.1) is 18.6 Å². The fraction of sp³-hybridized carbons (Fsp3) is 0.333. The van der Waals surface area contributed by atoms with Crippen LogP contribution in [0.25, 0.3) is 0 Å². The molecule has 0 radical (unpaired) electrons. The van der Waals surface area contributed by atoms with Crippen LogP contribution >= 0.6 is 22.9 Å². The van der Waals surface area contributed by atoms with Gasteiger partial charge in [-0.05, 0) is 35.2 Å². The summed E-state index contributed by atoms with van der Waals surface area (Å²) in [5.41, 5.74) is 3.75. The minimum Gasteiger partial charge on any atom is -0.372 e. The molecule has 1 aliphatic heterocycles. The van der Waals surface area contributed by atoms with Gasteiger partial charge in [0.1, 0.15) is 0 Å². The summed E-state index contributed by atoms with van der Waals surface area (Å²) in [6.07, 6.45) is 1.08. The summed E-state index contributed by atoms with van der Waals surface area (Å²) < 4.78 is 5.44. The molecule has 0 fully saturated rings. The molecule has 3 rings (SSSR count). The highest BCUT2D eigenvalue weighted by Crippen LogP contribution is 2.35. The van der Waals surface area contributed by atoms with E-state index in [0.29, 0.717) is 0 Å². The lowest BCUT2D eigenvalue weighted by atomic mass is 10.0. The second kappa shape index (κ2) is 5.04. The Morgan fingerprint density at radius 2 is 2.06 bits per heavy atom. The first-order valence-electron chi connectivity index (χ1n) is 6.20. The van der Waals surface area contributed by atoms with Crippen molar-refractivity contribution in [2.75, 3.05) is 0 Å². The molecule has 0 aliphatic carbocycles. The SMILES string of the molecule is CCc1ccc(C(Cl)c2ccc3c(c2)COC3)s1. The van der Waals surface area contributed by atoms with Crippen molar-refractivity contribution in [2.45, 2.75) is 31.9 Å². The maximum absolute atomic E-state index is 6.57. The molecular formula is C15H15ClOS. The highest BCUT2D eigenvalue weighted by molar-refractivity contribution is 7.12. The van der Waals surface area contributed by atoms with Gasteiger partial charge >= 0.3 is 0 Å². The van der Waals surface area contributed by atoms with E-state index in [-0.39, 0.29) is 5.38 Å². The molecule has 0 saturated heterocycles. The predicted molar refractivity (Wildman–Crippen MR) is 76.3 cm³/mol. The molecule has 1 unspecified atom stereocenters. The van der Waals surface area contributed by atoms with Gasteiger partial charge < -0.3 is 4.74 Å². The van der Waals surface area contributed by atoms with Gasteiger partial charge in [0.15, 0.2) is 0 Å². The Balaban J connectivity index is 1.89. The monoisotopic (exact) mass is 278 g/mol. The number of hydrogen-bond donors (Lipinski definition) is 0. The third-order valence-electron chi connectivity index (χ3n) is 3.32. The molecule has 0 spiro atoms.